The second-order valence-corrected chi connectivity index (χ2v) is 15.2. The van der Waals surface area contributed by atoms with Crippen molar-refractivity contribution in [2.24, 2.45) is 0 Å². The van der Waals surface area contributed by atoms with Crippen LogP contribution in [-0.2, 0) is 22.4 Å². The standard InChI is InChI=1S/C42H42N6O2S2/c49-39(9-1-5-29-19-23-51-27-29)47-21-3-7-37(47)41-43-25-35(45-41)33-15-11-31(12-16-33)32-13-17-34(18-14-32)36-26-44-42(46-36)38-8-4-22-48(38)40(50)10-2-6-30-20-24-52-28-30/h1-2,11-20,23-28,37-38H,3-10,21-22H2,(H,43,45)(H,44,46)/t37-,38?/m0/s1. The number of aromatic nitrogens is 4. The van der Waals surface area contributed by atoms with Crippen LogP contribution in [0.2, 0.25) is 0 Å². The summed E-state index contributed by atoms with van der Waals surface area (Å²) >= 11 is 3.37. The third-order valence-corrected chi connectivity index (χ3v) is 11.7. The Bertz CT molecular complexity index is 1910. The molecule has 0 bridgehead atoms. The summed E-state index contributed by atoms with van der Waals surface area (Å²) in [6.07, 6.45) is 14.3. The van der Waals surface area contributed by atoms with Gasteiger partial charge in [0.15, 0.2) is 0 Å². The second kappa shape index (κ2) is 15.8. The third kappa shape index (κ3) is 7.68. The molecule has 2 aliphatic rings. The van der Waals surface area contributed by atoms with E-state index in [9.17, 15) is 9.59 Å². The fourth-order valence-corrected chi connectivity index (χ4v) is 8.83. The molecule has 6 heterocycles. The van der Waals surface area contributed by atoms with Gasteiger partial charge in [-0.3, -0.25) is 9.59 Å². The summed E-state index contributed by atoms with van der Waals surface area (Å²) in [6.45, 7) is 1.55. The lowest BCUT2D eigenvalue weighted by molar-refractivity contribution is -0.132. The molecule has 2 atom stereocenters. The van der Waals surface area contributed by atoms with Gasteiger partial charge in [0.1, 0.15) is 11.6 Å². The first kappa shape index (κ1) is 34.3. The number of carbonyl (C=O) groups is 2. The maximum Gasteiger partial charge on any atom is 0.223 e. The van der Waals surface area contributed by atoms with E-state index in [4.69, 9.17) is 9.97 Å². The molecule has 8 rings (SSSR count). The summed E-state index contributed by atoms with van der Waals surface area (Å²) in [5.74, 6) is 2.05. The van der Waals surface area contributed by atoms with Crippen LogP contribution in [0.1, 0.15) is 73.4 Å². The first-order chi connectivity index (χ1) is 25.6. The van der Waals surface area contributed by atoms with Crippen LogP contribution in [0.15, 0.2) is 94.6 Å². The normalized spacial score (nSPS) is 17.3. The van der Waals surface area contributed by atoms with Gasteiger partial charge in [0, 0.05) is 25.9 Å². The van der Waals surface area contributed by atoms with E-state index in [1.54, 1.807) is 22.7 Å². The molecule has 0 spiro atoms. The highest BCUT2D eigenvalue weighted by atomic mass is 32.1. The molecule has 2 aliphatic heterocycles. The predicted molar refractivity (Wildman–Crippen MR) is 208 cm³/mol. The SMILES string of the molecule is O=C(C[CH]Cc1ccsc1)N1CCCC1c1ncc(-c2ccc(-c3ccc(-c4cnc([C@@H]5CCCN5C(=O)C[CH]Cc5ccsc5)[nH]4)cc3)cc2)[nH]1. The first-order valence-electron chi connectivity index (χ1n) is 18.1. The zero-order valence-corrected chi connectivity index (χ0v) is 30.7. The van der Waals surface area contributed by atoms with Crippen molar-refractivity contribution in [3.05, 3.63) is 130 Å². The lowest BCUT2D eigenvalue weighted by Crippen LogP contribution is -2.31. The highest BCUT2D eigenvalue weighted by molar-refractivity contribution is 7.08. The van der Waals surface area contributed by atoms with Gasteiger partial charge in [-0.2, -0.15) is 22.7 Å². The number of thiophene rings is 2. The molecule has 10 heteroatoms. The summed E-state index contributed by atoms with van der Waals surface area (Å²) in [4.78, 5) is 46.6. The van der Waals surface area contributed by atoms with Crippen molar-refractivity contribution in [3.8, 4) is 33.6 Å². The van der Waals surface area contributed by atoms with Crippen LogP contribution in [0.4, 0.5) is 0 Å². The minimum absolute atomic E-state index is 0.00981. The van der Waals surface area contributed by atoms with Crippen LogP contribution >= 0.6 is 22.7 Å². The van der Waals surface area contributed by atoms with Gasteiger partial charge in [-0.15, -0.1) is 0 Å². The van der Waals surface area contributed by atoms with Gasteiger partial charge in [-0.1, -0.05) is 48.5 Å². The molecule has 52 heavy (non-hydrogen) atoms. The first-order valence-corrected chi connectivity index (χ1v) is 20.0. The number of nitrogens with one attached hydrogen (secondary N) is 2. The summed E-state index contributed by atoms with van der Waals surface area (Å²) in [5, 5.41) is 8.41. The lowest BCUT2D eigenvalue weighted by Gasteiger charge is -2.23. The van der Waals surface area contributed by atoms with Crippen molar-refractivity contribution < 1.29 is 9.59 Å². The smallest absolute Gasteiger partial charge is 0.223 e. The van der Waals surface area contributed by atoms with Crippen molar-refractivity contribution in [1.82, 2.24) is 29.7 Å². The number of likely N-dealkylation sites (tertiary alicyclic amines) is 2. The van der Waals surface area contributed by atoms with E-state index in [2.05, 4.69) is 105 Å². The molecule has 2 radical (unpaired) electrons. The predicted octanol–water partition coefficient (Wildman–Crippen LogP) is 9.26. The lowest BCUT2D eigenvalue weighted by atomic mass is 10.0. The topological polar surface area (TPSA) is 98.0 Å². The quantitative estimate of drug-likeness (QED) is 0.124. The zero-order chi connectivity index (χ0) is 35.3. The molecule has 4 aromatic heterocycles. The molecule has 264 valence electrons. The number of hydrogen-bond donors (Lipinski definition) is 2. The Morgan fingerprint density at radius 2 is 1.06 bits per heavy atom. The number of H-pyrrole nitrogens is 2. The van der Waals surface area contributed by atoms with Crippen molar-refractivity contribution in [2.45, 2.75) is 63.5 Å². The molecular weight excluding hydrogens is 685 g/mol. The van der Waals surface area contributed by atoms with Gasteiger partial charge >= 0.3 is 0 Å². The number of hydrogen-bond acceptors (Lipinski definition) is 6. The number of aromatic amines is 2. The molecule has 2 amide bonds. The van der Waals surface area contributed by atoms with Gasteiger partial charge < -0.3 is 19.8 Å². The summed E-state index contributed by atoms with van der Waals surface area (Å²) < 4.78 is 0. The summed E-state index contributed by atoms with van der Waals surface area (Å²) in [7, 11) is 0. The molecule has 0 aliphatic carbocycles. The van der Waals surface area contributed by atoms with Gasteiger partial charge in [0.25, 0.3) is 0 Å². The van der Waals surface area contributed by atoms with E-state index in [1.165, 1.54) is 11.1 Å². The molecule has 6 aromatic rings. The minimum Gasteiger partial charge on any atom is -0.340 e. The molecule has 2 saturated heterocycles. The van der Waals surface area contributed by atoms with E-state index in [0.717, 1.165) is 96.9 Å². The van der Waals surface area contributed by atoms with Gasteiger partial charge in [0.05, 0.1) is 35.9 Å². The molecule has 2 N–H and O–H groups in total. The Morgan fingerprint density at radius 3 is 1.46 bits per heavy atom. The van der Waals surface area contributed by atoms with E-state index >= 15 is 0 Å². The Morgan fingerprint density at radius 1 is 0.635 bits per heavy atom. The molecule has 0 saturated carbocycles. The fraction of sp³-hybridized carbons (Fsp3) is 0.286. The van der Waals surface area contributed by atoms with E-state index in [1.807, 2.05) is 22.2 Å². The van der Waals surface area contributed by atoms with Crippen molar-refractivity contribution in [2.75, 3.05) is 13.1 Å². The number of benzene rings is 2. The Labute approximate surface area is 313 Å². The average Bonchev–Trinajstić information content (AvgIpc) is 4.03. The highest BCUT2D eigenvalue weighted by Gasteiger charge is 2.33. The van der Waals surface area contributed by atoms with Crippen LogP contribution < -0.4 is 0 Å². The molecule has 8 nitrogen and oxygen atoms in total. The van der Waals surface area contributed by atoms with Crippen molar-refractivity contribution >= 4 is 34.5 Å². The maximum absolute atomic E-state index is 13.1. The van der Waals surface area contributed by atoms with Gasteiger partial charge in [-0.25, -0.2) is 9.97 Å². The monoisotopic (exact) mass is 726 g/mol. The highest BCUT2D eigenvalue weighted by Crippen LogP contribution is 2.35. The summed E-state index contributed by atoms with van der Waals surface area (Å²) in [6, 6.07) is 21.2. The van der Waals surface area contributed by atoms with E-state index < -0.39 is 0 Å². The van der Waals surface area contributed by atoms with E-state index in [0.29, 0.717) is 12.8 Å². The van der Waals surface area contributed by atoms with Crippen LogP contribution in [-0.4, -0.2) is 54.6 Å². The second-order valence-electron chi connectivity index (χ2n) is 13.7. The number of amides is 2. The van der Waals surface area contributed by atoms with Crippen molar-refractivity contribution in [3.63, 3.8) is 0 Å². The largest absolute Gasteiger partial charge is 0.340 e. The number of imidazole rings is 2. The van der Waals surface area contributed by atoms with Gasteiger partial charge in [-0.05, 0) is 118 Å². The average molecular weight is 727 g/mol. The number of nitrogens with zero attached hydrogens (tertiary/aromatic N) is 4. The van der Waals surface area contributed by atoms with E-state index in [-0.39, 0.29) is 23.9 Å². The molecule has 1 unspecified atom stereocenters. The third-order valence-electron chi connectivity index (χ3n) is 10.3. The zero-order valence-electron chi connectivity index (χ0n) is 29.0. The minimum atomic E-state index is -0.00981. The molecular formula is C42H42N6O2S2. The van der Waals surface area contributed by atoms with Gasteiger partial charge in [0.2, 0.25) is 11.8 Å². The number of rotatable bonds is 13. The molecule has 2 fully saturated rings. The maximum atomic E-state index is 13.1. The van der Waals surface area contributed by atoms with Crippen LogP contribution in [0, 0.1) is 12.8 Å². The van der Waals surface area contributed by atoms with Crippen LogP contribution in [0.3, 0.4) is 0 Å². The Hall–Kier alpha value is -4.80. The van der Waals surface area contributed by atoms with Crippen LogP contribution in [0.25, 0.3) is 33.6 Å². The fourth-order valence-electron chi connectivity index (χ4n) is 7.47. The van der Waals surface area contributed by atoms with Crippen LogP contribution in [0.5, 0.6) is 0 Å². The Kier molecular flexibility index (Phi) is 10.4. The number of carbonyl (C=O) groups excluding carboxylic acids is 2. The molecule has 2 aromatic carbocycles. The van der Waals surface area contributed by atoms with Crippen molar-refractivity contribution in [1.29, 1.82) is 0 Å². The Balaban J connectivity index is 0.867. The summed E-state index contributed by atoms with van der Waals surface area (Å²) in [5.41, 5.74) is 8.80.